The van der Waals surface area contributed by atoms with E-state index < -0.39 is 0 Å². The molecular weight excluding hydrogens is 473 g/mol. The van der Waals surface area contributed by atoms with Crippen LogP contribution in [0.15, 0.2) is 22.5 Å². The quantitative estimate of drug-likeness (QED) is 0.259. The lowest BCUT2D eigenvalue weighted by Gasteiger charge is -2.25. The summed E-state index contributed by atoms with van der Waals surface area (Å²) < 4.78 is 0. The zero-order valence-electron chi connectivity index (χ0n) is 16.5. The van der Waals surface area contributed by atoms with Gasteiger partial charge in [0, 0.05) is 30.9 Å². The van der Waals surface area contributed by atoms with Gasteiger partial charge in [0.15, 0.2) is 5.96 Å². The summed E-state index contributed by atoms with van der Waals surface area (Å²) in [5, 5.41) is 11.6. The Balaban J connectivity index is 0.00000364. The maximum atomic E-state index is 11.7. The number of hydrogen-bond donors (Lipinski definition) is 3. The number of carbonyl (C=O) groups is 1. The number of likely N-dealkylation sites (tertiary alicyclic amines) is 1. The molecule has 1 aliphatic heterocycles. The highest BCUT2D eigenvalue weighted by atomic mass is 127. The Bertz CT molecular complexity index is 546. The molecule has 0 bridgehead atoms. The van der Waals surface area contributed by atoms with E-state index in [1.165, 1.54) is 17.7 Å². The molecule has 1 unspecified atom stereocenters. The first-order valence-corrected chi connectivity index (χ1v) is 10.7. The molecule has 6 nitrogen and oxygen atoms in total. The third kappa shape index (κ3) is 8.78. The molecule has 154 valence electrons. The summed E-state index contributed by atoms with van der Waals surface area (Å²) >= 11 is 1.81. The van der Waals surface area contributed by atoms with Crippen LogP contribution in [0.1, 0.15) is 50.4 Å². The van der Waals surface area contributed by atoms with Gasteiger partial charge in [0.05, 0.1) is 12.6 Å². The molecule has 0 aromatic carbocycles. The second kappa shape index (κ2) is 14.2. The molecule has 1 aromatic heterocycles. The lowest BCUT2D eigenvalue weighted by atomic mass is 10.2. The Morgan fingerprint density at radius 2 is 2.00 bits per heavy atom. The Morgan fingerprint density at radius 3 is 2.63 bits per heavy atom. The van der Waals surface area contributed by atoms with Crippen LogP contribution in [0.25, 0.3) is 0 Å². The van der Waals surface area contributed by atoms with E-state index >= 15 is 0 Å². The van der Waals surface area contributed by atoms with Gasteiger partial charge in [-0.25, -0.2) is 0 Å². The molecule has 1 saturated heterocycles. The lowest BCUT2D eigenvalue weighted by Crippen LogP contribution is -2.40. The van der Waals surface area contributed by atoms with Crippen molar-refractivity contribution in [2.45, 2.75) is 45.6 Å². The first-order valence-electron chi connectivity index (χ1n) is 9.81. The summed E-state index contributed by atoms with van der Waals surface area (Å²) in [5.74, 6) is 0.875. The number of guanidine groups is 1. The first-order chi connectivity index (χ1) is 12.7. The summed E-state index contributed by atoms with van der Waals surface area (Å²) in [6.45, 7) is 9.29. The Labute approximate surface area is 184 Å². The third-order valence-electron chi connectivity index (χ3n) is 4.44. The minimum atomic E-state index is 0. The van der Waals surface area contributed by atoms with Crippen molar-refractivity contribution in [3.05, 3.63) is 22.4 Å². The first kappa shape index (κ1) is 24.2. The fraction of sp³-hybridized carbons (Fsp3) is 0.684. The van der Waals surface area contributed by atoms with E-state index in [1.54, 1.807) is 0 Å². The van der Waals surface area contributed by atoms with Crippen LogP contribution in [-0.2, 0) is 4.79 Å². The largest absolute Gasteiger partial charge is 0.357 e. The number of rotatable bonds is 10. The fourth-order valence-electron chi connectivity index (χ4n) is 3.09. The number of amides is 1. The van der Waals surface area contributed by atoms with Crippen molar-refractivity contribution < 1.29 is 4.79 Å². The number of carbonyl (C=O) groups excluding carboxylic acids is 1. The maximum Gasteiger partial charge on any atom is 0.221 e. The molecule has 0 radical (unpaired) electrons. The van der Waals surface area contributed by atoms with Gasteiger partial charge in [-0.05, 0) is 50.7 Å². The van der Waals surface area contributed by atoms with Crippen LogP contribution in [0, 0.1) is 0 Å². The molecule has 1 amide bonds. The topological polar surface area (TPSA) is 68.8 Å². The van der Waals surface area contributed by atoms with E-state index in [0.29, 0.717) is 19.0 Å². The predicted octanol–water partition coefficient (Wildman–Crippen LogP) is 2.97. The van der Waals surface area contributed by atoms with Crippen LogP contribution in [-0.4, -0.2) is 56.0 Å². The van der Waals surface area contributed by atoms with Gasteiger partial charge in [-0.3, -0.25) is 14.7 Å². The number of nitrogens with zero attached hydrogens (tertiary/aromatic N) is 2. The predicted molar refractivity (Wildman–Crippen MR) is 125 cm³/mol. The molecule has 3 N–H and O–H groups in total. The standard InChI is InChI=1S/C19H33N5OS.HI/c1-3-10-21-18(25)9-11-22-19(20-4-2)23-15-16(17-8-7-14-26-17)24-12-5-6-13-24;/h7-8,14,16H,3-6,9-13,15H2,1-2H3,(H,21,25)(H2,20,22,23);1H. The number of nitrogens with one attached hydrogen (secondary N) is 3. The van der Waals surface area contributed by atoms with Crippen LogP contribution in [0.3, 0.4) is 0 Å². The maximum absolute atomic E-state index is 11.7. The van der Waals surface area contributed by atoms with E-state index in [-0.39, 0.29) is 29.9 Å². The molecule has 0 spiro atoms. The van der Waals surface area contributed by atoms with E-state index in [4.69, 9.17) is 4.99 Å². The summed E-state index contributed by atoms with van der Waals surface area (Å²) in [7, 11) is 0. The van der Waals surface area contributed by atoms with Crippen LogP contribution in [0.2, 0.25) is 0 Å². The van der Waals surface area contributed by atoms with Gasteiger partial charge >= 0.3 is 0 Å². The average Bonchev–Trinajstić information content (AvgIpc) is 3.34. The molecular formula is C19H34IN5OS. The van der Waals surface area contributed by atoms with Crippen molar-refractivity contribution in [2.75, 3.05) is 39.3 Å². The van der Waals surface area contributed by atoms with Crippen LogP contribution in [0.5, 0.6) is 0 Å². The van der Waals surface area contributed by atoms with Gasteiger partial charge in [0.25, 0.3) is 0 Å². The number of thiophene rings is 1. The van der Waals surface area contributed by atoms with Gasteiger partial charge < -0.3 is 16.0 Å². The van der Waals surface area contributed by atoms with Gasteiger partial charge in [0.2, 0.25) is 5.91 Å². The third-order valence-corrected chi connectivity index (χ3v) is 5.41. The molecule has 1 aliphatic rings. The molecule has 8 heteroatoms. The highest BCUT2D eigenvalue weighted by molar-refractivity contribution is 14.0. The van der Waals surface area contributed by atoms with Crippen molar-refractivity contribution in [3.8, 4) is 0 Å². The molecule has 2 rings (SSSR count). The second-order valence-corrected chi connectivity index (χ2v) is 7.50. The monoisotopic (exact) mass is 507 g/mol. The van der Waals surface area contributed by atoms with Crippen LogP contribution in [0.4, 0.5) is 0 Å². The van der Waals surface area contributed by atoms with Crippen molar-refractivity contribution in [2.24, 2.45) is 4.99 Å². The Morgan fingerprint density at radius 1 is 1.22 bits per heavy atom. The van der Waals surface area contributed by atoms with Crippen LogP contribution < -0.4 is 16.0 Å². The highest BCUT2D eigenvalue weighted by Crippen LogP contribution is 2.28. The summed E-state index contributed by atoms with van der Waals surface area (Å²) in [6.07, 6.45) is 3.97. The number of aliphatic imine (C=N–C) groups is 1. The van der Waals surface area contributed by atoms with Crippen molar-refractivity contribution in [1.29, 1.82) is 0 Å². The molecule has 0 aliphatic carbocycles. The van der Waals surface area contributed by atoms with Gasteiger partial charge in [0.1, 0.15) is 0 Å². The normalized spacial score (nSPS) is 15.9. The van der Waals surface area contributed by atoms with Gasteiger partial charge in [-0.15, -0.1) is 35.3 Å². The SMILES string of the molecule is CCCNC(=O)CCNC(=NCC(c1cccs1)N1CCCC1)NCC.I. The molecule has 27 heavy (non-hydrogen) atoms. The molecule has 1 atom stereocenters. The highest BCUT2D eigenvalue weighted by Gasteiger charge is 2.24. The molecule has 1 fully saturated rings. The van der Waals surface area contributed by atoms with E-state index in [0.717, 1.165) is 45.1 Å². The van der Waals surface area contributed by atoms with Crippen molar-refractivity contribution in [3.63, 3.8) is 0 Å². The number of hydrogen-bond acceptors (Lipinski definition) is 4. The lowest BCUT2D eigenvalue weighted by molar-refractivity contribution is -0.120. The van der Waals surface area contributed by atoms with E-state index in [9.17, 15) is 4.79 Å². The summed E-state index contributed by atoms with van der Waals surface area (Å²) in [5.41, 5.74) is 0. The molecule has 0 saturated carbocycles. The van der Waals surface area contributed by atoms with E-state index in [2.05, 4.69) is 52.2 Å². The van der Waals surface area contributed by atoms with Crippen molar-refractivity contribution >= 4 is 47.2 Å². The minimum Gasteiger partial charge on any atom is -0.357 e. The minimum absolute atomic E-state index is 0. The number of halogens is 1. The molecule has 2 heterocycles. The smallest absolute Gasteiger partial charge is 0.221 e. The summed E-state index contributed by atoms with van der Waals surface area (Å²) in [6, 6.07) is 4.67. The zero-order valence-corrected chi connectivity index (χ0v) is 19.6. The van der Waals surface area contributed by atoms with Crippen molar-refractivity contribution in [1.82, 2.24) is 20.9 Å². The Kier molecular flexibility index (Phi) is 12.7. The van der Waals surface area contributed by atoms with Gasteiger partial charge in [-0.2, -0.15) is 0 Å². The summed E-state index contributed by atoms with van der Waals surface area (Å²) in [4.78, 5) is 20.4. The van der Waals surface area contributed by atoms with Gasteiger partial charge in [-0.1, -0.05) is 13.0 Å². The average molecular weight is 507 g/mol. The zero-order chi connectivity index (χ0) is 18.6. The second-order valence-electron chi connectivity index (χ2n) is 6.52. The Hall–Kier alpha value is -0.870. The molecule has 1 aromatic rings. The van der Waals surface area contributed by atoms with Crippen LogP contribution >= 0.6 is 35.3 Å². The fourth-order valence-corrected chi connectivity index (χ4v) is 3.94. The van der Waals surface area contributed by atoms with E-state index in [1.807, 2.05) is 11.3 Å².